The fourth-order valence-corrected chi connectivity index (χ4v) is 4.22. The molecule has 8 heteroatoms. The number of fused-ring (bicyclic) bond motifs is 1. The van der Waals surface area contributed by atoms with Crippen molar-refractivity contribution < 1.29 is 19.1 Å². The summed E-state index contributed by atoms with van der Waals surface area (Å²) >= 11 is 0. The van der Waals surface area contributed by atoms with Crippen molar-refractivity contribution >= 4 is 40.4 Å². The molecule has 0 fully saturated rings. The second-order valence-electron chi connectivity index (χ2n) is 9.33. The van der Waals surface area contributed by atoms with Crippen LogP contribution in [0.1, 0.15) is 34.0 Å². The van der Waals surface area contributed by atoms with E-state index in [-0.39, 0.29) is 18.4 Å². The van der Waals surface area contributed by atoms with Gasteiger partial charge in [0.15, 0.2) is 0 Å². The number of ether oxygens (including phenoxy) is 1. The molecule has 0 saturated carbocycles. The molecule has 4 rings (SSSR count). The zero-order valence-corrected chi connectivity index (χ0v) is 22.1. The van der Waals surface area contributed by atoms with Gasteiger partial charge in [-0.3, -0.25) is 14.5 Å². The normalized spacial score (nSPS) is 13.6. The SMILES string of the molecule is CCOC(=O)c1ccc2c(c1)NC(=O)C2=C(Nc1ccc(CN(C)CC(=O)N(C)C)cc1)c1ccccc1. The first-order valence-electron chi connectivity index (χ1n) is 12.4. The van der Waals surface area contributed by atoms with Crippen LogP contribution in [0.15, 0.2) is 72.8 Å². The molecule has 0 atom stereocenters. The highest BCUT2D eigenvalue weighted by Gasteiger charge is 2.29. The van der Waals surface area contributed by atoms with Gasteiger partial charge in [-0.2, -0.15) is 0 Å². The number of likely N-dealkylation sites (N-methyl/N-ethyl adjacent to an activating group) is 2. The number of hydrogen-bond donors (Lipinski definition) is 2. The van der Waals surface area contributed by atoms with E-state index in [1.807, 2.05) is 66.5 Å². The monoisotopic (exact) mass is 512 g/mol. The predicted molar refractivity (Wildman–Crippen MR) is 149 cm³/mol. The number of rotatable bonds is 9. The Morgan fingerprint density at radius 2 is 1.63 bits per heavy atom. The maximum atomic E-state index is 13.2. The molecule has 8 nitrogen and oxygen atoms in total. The quantitative estimate of drug-likeness (QED) is 0.328. The largest absolute Gasteiger partial charge is 0.462 e. The molecular formula is C30H32N4O4. The van der Waals surface area contributed by atoms with E-state index in [0.717, 1.165) is 16.8 Å². The first-order valence-corrected chi connectivity index (χ1v) is 12.4. The molecule has 0 bridgehead atoms. The van der Waals surface area contributed by atoms with Crippen molar-refractivity contribution in [1.82, 2.24) is 9.80 Å². The Bertz CT molecular complexity index is 1360. The van der Waals surface area contributed by atoms with Gasteiger partial charge >= 0.3 is 5.97 Å². The van der Waals surface area contributed by atoms with Crippen molar-refractivity contribution in [2.75, 3.05) is 44.9 Å². The van der Waals surface area contributed by atoms with Crippen LogP contribution in [0.25, 0.3) is 11.3 Å². The van der Waals surface area contributed by atoms with Gasteiger partial charge in [-0.1, -0.05) is 48.5 Å². The van der Waals surface area contributed by atoms with E-state index >= 15 is 0 Å². The average molecular weight is 513 g/mol. The van der Waals surface area contributed by atoms with E-state index in [4.69, 9.17) is 4.74 Å². The van der Waals surface area contributed by atoms with E-state index in [0.29, 0.717) is 41.2 Å². The fourth-order valence-electron chi connectivity index (χ4n) is 4.22. The van der Waals surface area contributed by atoms with Crippen LogP contribution < -0.4 is 10.6 Å². The highest BCUT2D eigenvalue weighted by molar-refractivity contribution is 6.37. The summed E-state index contributed by atoms with van der Waals surface area (Å²) in [6.45, 7) is 3.00. The van der Waals surface area contributed by atoms with Gasteiger partial charge in [0.05, 0.1) is 35.7 Å². The van der Waals surface area contributed by atoms with Crippen molar-refractivity contribution in [2.45, 2.75) is 13.5 Å². The molecule has 2 amide bonds. The maximum Gasteiger partial charge on any atom is 0.338 e. The van der Waals surface area contributed by atoms with Gasteiger partial charge in [0.25, 0.3) is 5.91 Å². The molecule has 1 aliphatic rings. The summed E-state index contributed by atoms with van der Waals surface area (Å²) in [6, 6.07) is 22.7. The molecule has 2 N–H and O–H groups in total. The Morgan fingerprint density at radius 3 is 2.29 bits per heavy atom. The summed E-state index contributed by atoms with van der Waals surface area (Å²) in [7, 11) is 5.41. The zero-order chi connectivity index (χ0) is 27.2. The van der Waals surface area contributed by atoms with E-state index in [2.05, 4.69) is 10.6 Å². The van der Waals surface area contributed by atoms with Crippen LogP contribution in [0.2, 0.25) is 0 Å². The zero-order valence-electron chi connectivity index (χ0n) is 22.1. The minimum absolute atomic E-state index is 0.0504. The number of carbonyl (C=O) groups is 3. The minimum atomic E-state index is -0.430. The number of hydrogen-bond acceptors (Lipinski definition) is 6. The summed E-state index contributed by atoms with van der Waals surface area (Å²) in [6.07, 6.45) is 0. The van der Waals surface area contributed by atoms with E-state index in [1.54, 1.807) is 44.1 Å². The third-order valence-electron chi connectivity index (χ3n) is 6.17. The Morgan fingerprint density at radius 1 is 0.921 bits per heavy atom. The summed E-state index contributed by atoms with van der Waals surface area (Å²) < 4.78 is 5.10. The summed E-state index contributed by atoms with van der Waals surface area (Å²) in [4.78, 5) is 40.9. The number of esters is 1. The molecule has 0 unspecified atom stereocenters. The first-order chi connectivity index (χ1) is 18.3. The van der Waals surface area contributed by atoms with Crippen LogP contribution in [0.5, 0.6) is 0 Å². The number of anilines is 2. The lowest BCUT2D eigenvalue weighted by atomic mass is 9.99. The molecule has 1 heterocycles. The summed E-state index contributed by atoms with van der Waals surface area (Å²) in [5.41, 5.74) is 5.54. The smallest absolute Gasteiger partial charge is 0.338 e. The van der Waals surface area contributed by atoms with Gasteiger partial charge in [-0.25, -0.2) is 4.79 Å². The lowest BCUT2D eigenvalue weighted by Crippen LogP contribution is -2.34. The second-order valence-corrected chi connectivity index (χ2v) is 9.33. The van der Waals surface area contributed by atoms with Gasteiger partial charge in [0.1, 0.15) is 0 Å². The molecule has 1 aliphatic heterocycles. The number of nitrogens with zero attached hydrogens (tertiary/aromatic N) is 2. The van der Waals surface area contributed by atoms with E-state index in [9.17, 15) is 14.4 Å². The van der Waals surface area contributed by atoms with Gasteiger partial charge in [-0.15, -0.1) is 0 Å². The van der Waals surface area contributed by atoms with E-state index < -0.39 is 5.97 Å². The average Bonchev–Trinajstić information content (AvgIpc) is 3.23. The topological polar surface area (TPSA) is 91.0 Å². The Hall–Kier alpha value is -4.43. The van der Waals surface area contributed by atoms with Crippen molar-refractivity contribution in [3.05, 3.63) is 95.1 Å². The van der Waals surface area contributed by atoms with Crippen molar-refractivity contribution in [3.8, 4) is 0 Å². The first kappa shape index (κ1) is 26.6. The lowest BCUT2D eigenvalue weighted by molar-refractivity contribution is -0.129. The van der Waals surface area contributed by atoms with Crippen LogP contribution in [0, 0.1) is 0 Å². The predicted octanol–water partition coefficient (Wildman–Crippen LogP) is 4.32. The van der Waals surface area contributed by atoms with Crippen molar-refractivity contribution in [2.24, 2.45) is 0 Å². The van der Waals surface area contributed by atoms with Crippen LogP contribution in [-0.4, -0.2) is 61.9 Å². The second kappa shape index (κ2) is 11.7. The standard InChI is InChI=1S/C30H32N4O4/c1-5-38-30(37)22-13-16-24-25(17-22)32-29(36)27(24)28(21-9-7-6-8-10-21)31-23-14-11-20(12-15-23)18-34(4)19-26(35)33(2)3/h6-17,31H,5,18-19H2,1-4H3,(H,32,36). The van der Waals surface area contributed by atoms with Gasteiger partial charge in [0, 0.05) is 31.9 Å². The molecule has 0 radical (unpaired) electrons. The molecule has 0 saturated heterocycles. The third-order valence-corrected chi connectivity index (χ3v) is 6.17. The lowest BCUT2D eigenvalue weighted by Gasteiger charge is -2.19. The molecule has 3 aromatic carbocycles. The van der Waals surface area contributed by atoms with Gasteiger partial charge in [0.2, 0.25) is 5.91 Å². The van der Waals surface area contributed by atoms with Crippen LogP contribution >= 0.6 is 0 Å². The summed E-state index contributed by atoms with van der Waals surface area (Å²) in [5, 5.41) is 6.34. The van der Waals surface area contributed by atoms with Crippen LogP contribution in [0.4, 0.5) is 11.4 Å². The van der Waals surface area contributed by atoms with Gasteiger partial charge in [-0.05, 0) is 49.4 Å². The Kier molecular flexibility index (Phi) is 8.23. The number of carbonyl (C=O) groups excluding carboxylic acids is 3. The minimum Gasteiger partial charge on any atom is -0.462 e. The van der Waals surface area contributed by atoms with Crippen molar-refractivity contribution in [1.29, 1.82) is 0 Å². The van der Waals surface area contributed by atoms with Crippen LogP contribution in [0.3, 0.4) is 0 Å². The number of benzene rings is 3. The Labute approximate surface area is 222 Å². The molecule has 0 aliphatic carbocycles. The third kappa shape index (κ3) is 6.10. The maximum absolute atomic E-state index is 13.2. The van der Waals surface area contributed by atoms with E-state index in [1.165, 1.54) is 0 Å². The summed E-state index contributed by atoms with van der Waals surface area (Å²) in [5.74, 6) is -0.634. The number of nitrogens with one attached hydrogen (secondary N) is 2. The highest BCUT2D eigenvalue weighted by Crippen LogP contribution is 2.38. The molecule has 0 spiro atoms. The molecular weight excluding hydrogens is 480 g/mol. The molecule has 0 aromatic heterocycles. The Balaban J connectivity index is 1.63. The number of amides is 2. The molecule has 196 valence electrons. The molecule has 3 aromatic rings. The van der Waals surface area contributed by atoms with Crippen molar-refractivity contribution in [3.63, 3.8) is 0 Å². The highest BCUT2D eigenvalue weighted by atomic mass is 16.5. The van der Waals surface area contributed by atoms with Crippen LogP contribution in [-0.2, 0) is 20.9 Å². The fraction of sp³-hybridized carbons (Fsp3) is 0.233. The molecule has 38 heavy (non-hydrogen) atoms. The van der Waals surface area contributed by atoms with Gasteiger partial charge < -0.3 is 20.3 Å².